The van der Waals surface area contributed by atoms with Crippen molar-refractivity contribution < 1.29 is 4.79 Å². The summed E-state index contributed by atoms with van der Waals surface area (Å²) in [4.78, 5) is 15.2. The lowest BCUT2D eigenvalue weighted by Crippen LogP contribution is -2.40. The fourth-order valence-corrected chi connectivity index (χ4v) is 1.62. The zero-order valence-electron chi connectivity index (χ0n) is 7.92. The molecular weight excluding hydrogens is 152 g/mol. The average Bonchev–Trinajstić information content (AvgIpc) is 2.03. The van der Waals surface area contributed by atoms with Gasteiger partial charge >= 0.3 is 0 Å². The Balaban J connectivity index is 2.46. The van der Waals surface area contributed by atoms with Crippen molar-refractivity contribution in [2.45, 2.75) is 12.8 Å². The molecule has 0 aromatic heterocycles. The Kier molecular flexibility index (Phi) is 3.09. The van der Waals surface area contributed by atoms with Crippen LogP contribution in [0, 0.1) is 13.0 Å². The van der Waals surface area contributed by atoms with Crippen LogP contribution < -0.4 is 0 Å². The summed E-state index contributed by atoms with van der Waals surface area (Å²) in [7, 11) is 7.47. The van der Waals surface area contributed by atoms with E-state index in [1.54, 1.807) is 4.90 Å². The highest BCUT2D eigenvalue weighted by Gasteiger charge is 2.22. The first kappa shape index (κ1) is 9.52. The zero-order valence-corrected chi connectivity index (χ0v) is 7.92. The van der Waals surface area contributed by atoms with Crippen LogP contribution in [0.15, 0.2) is 0 Å². The predicted octanol–water partition coefficient (Wildman–Crippen LogP) is 0.578. The normalized spacial score (nSPS) is 25.4. The maximum Gasteiger partial charge on any atom is 0.226 e. The summed E-state index contributed by atoms with van der Waals surface area (Å²) >= 11 is 0. The van der Waals surface area contributed by atoms with Gasteiger partial charge in [-0.2, -0.15) is 0 Å². The molecule has 1 atom stereocenters. The number of likely N-dealkylation sites (tertiary alicyclic amines) is 1. The van der Waals surface area contributed by atoms with Gasteiger partial charge in [0.25, 0.3) is 0 Å². The molecule has 1 heterocycles. The topological polar surface area (TPSA) is 23.6 Å². The van der Waals surface area contributed by atoms with Crippen molar-refractivity contribution in [1.29, 1.82) is 0 Å². The van der Waals surface area contributed by atoms with Crippen LogP contribution in [0.1, 0.15) is 12.8 Å². The lowest BCUT2D eigenvalue weighted by atomic mass is 9.97. The van der Waals surface area contributed by atoms with Crippen LogP contribution >= 0.6 is 0 Å². The molecule has 12 heavy (non-hydrogen) atoms. The zero-order chi connectivity index (χ0) is 9.14. The molecule has 0 aromatic carbocycles. The number of hydrogen-bond donors (Lipinski definition) is 0. The molecule has 0 N–H and O–H groups in total. The van der Waals surface area contributed by atoms with Crippen molar-refractivity contribution in [2.24, 2.45) is 5.92 Å². The molecule has 0 aliphatic carbocycles. The van der Waals surface area contributed by atoms with Crippen molar-refractivity contribution in [3.05, 3.63) is 7.05 Å². The Bertz CT molecular complexity index is 168. The summed E-state index contributed by atoms with van der Waals surface area (Å²) in [6, 6.07) is 0. The second-order valence-electron chi connectivity index (χ2n) is 3.65. The molecule has 1 aliphatic heterocycles. The first-order chi connectivity index (χ1) is 5.61. The third kappa shape index (κ3) is 2.21. The lowest BCUT2D eigenvalue weighted by Gasteiger charge is -2.35. The van der Waals surface area contributed by atoms with Crippen LogP contribution in [-0.4, -0.2) is 42.9 Å². The minimum absolute atomic E-state index is 0.172. The van der Waals surface area contributed by atoms with Crippen LogP contribution in [0.4, 0.5) is 0 Å². The first-order valence-electron chi connectivity index (χ1n) is 4.38. The van der Waals surface area contributed by atoms with Crippen LogP contribution in [0.3, 0.4) is 0 Å². The number of carbonyl (C=O) groups excluding carboxylic acids is 1. The Hall–Kier alpha value is -0.570. The van der Waals surface area contributed by atoms with Crippen LogP contribution in [0.2, 0.25) is 0 Å². The van der Waals surface area contributed by atoms with Gasteiger partial charge in [-0.25, -0.2) is 0 Å². The van der Waals surface area contributed by atoms with Gasteiger partial charge in [0.1, 0.15) is 0 Å². The van der Waals surface area contributed by atoms with E-state index in [-0.39, 0.29) is 11.8 Å². The molecule has 3 nitrogen and oxygen atoms in total. The molecule has 1 saturated heterocycles. The van der Waals surface area contributed by atoms with Crippen LogP contribution in [0.5, 0.6) is 0 Å². The van der Waals surface area contributed by atoms with Gasteiger partial charge in [-0.05, 0) is 25.9 Å². The smallest absolute Gasteiger partial charge is 0.226 e. The standard InChI is InChI=1S/C9H17N2O/c1-10(2)9(12)8-5-4-6-11(3)7-8/h8H,3-7H2,1-2H3/q-1. The summed E-state index contributed by atoms with van der Waals surface area (Å²) in [6.07, 6.45) is 2.11. The molecule has 70 valence electrons. The molecule has 0 spiro atoms. The molecule has 0 bridgehead atoms. The fraction of sp³-hybridized carbons (Fsp3) is 0.778. The molecule has 3 heteroatoms. The van der Waals surface area contributed by atoms with E-state index in [2.05, 4.69) is 7.05 Å². The second-order valence-corrected chi connectivity index (χ2v) is 3.65. The van der Waals surface area contributed by atoms with Crippen molar-refractivity contribution in [3.63, 3.8) is 0 Å². The molecule has 0 aromatic rings. The third-order valence-electron chi connectivity index (χ3n) is 2.30. The Labute approximate surface area is 74.3 Å². The number of rotatable bonds is 1. The van der Waals surface area contributed by atoms with E-state index in [1.165, 1.54) is 0 Å². The van der Waals surface area contributed by atoms with Gasteiger partial charge in [0.2, 0.25) is 5.91 Å². The SMILES string of the molecule is [CH2-]N1CCCC(C(=O)N(C)C)C1. The van der Waals surface area contributed by atoms with Crippen molar-refractivity contribution in [2.75, 3.05) is 27.2 Å². The average molecular weight is 169 g/mol. The molecule has 1 fully saturated rings. The van der Waals surface area contributed by atoms with E-state index < -0.39 is 0 Å². The minimum Gasteiger partial charge on any atom is -0.459 e. The molecule has 1 rings (SSSR count). The second kappa shape index (κ2) is 3.90. The van der Waals surface area contributed by atoms with Crippen molar-refractivity contribution >= 4 is 5.91 Å². The van der Waals surface area contributed by atoms with E-state index in [1.807, 2.05) is 19.0 Å². The highest BCUT2D eigenvalue weighted by atomic mass is 16.2. The Morgan fingerprint density at radius 2 is 2.25 bits per heavy atom. The molecule has 1 aliphatic rings. The summed E-state index contributed by atoms with van der Waals surface area (Å²) in [5.41, 5.74) is 0. The summed E-state index contributed by atoms with van der Waals surface area (Å²) < 4.78 is 0. The predicted molar refractivity (Wildman–Crippen MR) is 48.3 cm³/mol. The van der Waals surface area contributed by atoms with E-state index >= 15 is 0 Å². The van der Waals surface area contributed by atoms with Gasteiger partial charge in [0.15, 0.2) is 0 Å². The van der Waals surface area contributed by atoms with Gasteiger partial charge in [0, 0.05) is 20.0 Å². The molecular formula is C9H17N2O-. The largest absolute Gasteiger partial charge is 0.459 e. The van der Waals surface area contributed by atoms with Gasteiger partial charge in [0.05, 0.1) is 0 Å². The van der Waals surface area contributed by atoms with E-state index in [0.29, 0.717) is 0 Å². The molecule has 0 saturated carbocycles. The monoisotopic (exact) mass is 169 g/mol. The summed E-state index contributed by atoms with van der Waals surface area (Å²) in [5.74, 6) is 0.412. The number of carbonyl (C=O) groups is 1. The van der Waals surface area contributed by atoms with Crippen molar-refractivity contribution in [3.8, 4) is 0 Å². The van der Waals surface area contributed by atoms with Crippen LogP contribution in [0.25, 0.3) is 0 Å². The number of hydrogen-bond acceptors (Lipinski definition) is 2. The maximum atomic E-state index is 11.5. The Morgan fingerprint density at radius 3 is 2.75 bits per heavy atom. The quantitative estimate of drug-likeness (QED) is 0.536. The number of amides is 1. The van der Waals surface area contributed by atoms with Gasteiger partial charge in [-0.3, -0.25) is 11.8 Å². The van der Waals surface area contributed by atoms with Crippen LogP contribution in [-0.2, 0) is 4.79 Å². The van der Waals surface area contributed by atoms with Gasteiger partial charge in [-0.15, -0.1) is 0 Å². The first-order valence-corrected chi connectivity index (χ1v) is 4.38. The minimum atomic E-state index is 0.172. The summed E-state index contributed by atoms with van der Waals surface area (Å²) in [6.45, 7) is 1.84. The lowest BCUT2D eigenvalue weighted by molar-refractivity contribution is -0.134. The summed E-state index contributed by atoms with van der Waals surface area (Å²) in [5, 5.41) is 0. The van der Waals surface area contributed by atoms with Gasteiger partial charge in [-0.1, -0.05) is 0 Å². The highest BCUT2D eigenvalue weighted by Crippen LogP contribution is 2.16. The molecule has 1 amide bonds. The fourth-order valence-electron chi connectivity index (χ4n) is 1.62. The van der Waals surface area contributed by atoms with Crippen molar-refractivity contribution in [1.82, 2.24) is 9.80 Å². The Morgan fingerprint density at radius 1 is 1.58 bits per heavy atom. The molecule has 0 radical (unpaired) electrons. The maximum absolute atomic E-state index is 11.5. The van der Waals surface area contributed by atoms with E-state index in [0.717, 1.165) is 25.9 Å². The third-order valence-corrected chi connectivity index (χ3v) is 2.30. The number of nitrogens with zero attached hydrogens (tertiary/aromatic N) is 2. The highest BCUT2D eigenvalue weighted by molar-refractivity contribution is 5.78. The molecule has 1 unspecified atom stereocenters. The number of piperidine rings is 1. The van der Waals surface area contributed by atoms with E-state index in [9.17, 15) is 4.79 Å². The van der Waals surface area contributed by atoms with Gasteiger partial charge < -0.3 is 9.80 Å². The van der Waals surface area contributed by atoms with E-state index in [4.69, 9.17) is 0 Å².